The SMILES string of the molecule is CC[N+](CC)(CC)CCCCCCOc1ccc2ccccc2c1. The van der Waals surface area contributed by atoms with E-state index in [1.165, 1.54) is 60.7 Å². The van der Waals surface area contributed by atoms with Gasteiger partial charge in [0.15, 0.2) is 0 Å². The predicted octanol–water partition coefficient (Wildman–Crippen LogP) is 5.66. The lowest BCUT2D eigenvalue weighted by Crippen LogP contribution is -2.48. The summed E-state index contributed by atoms with van der Waals surface area (Å²) >= 11 is 0. The predicted molar refractivity (Wildman–Crippen MR) is 105 cm³/mol. The maximum Gasteiger partial charge on any atom is 0.119 e. The van der Waals surface area contributed by atoms with Crippen LogP contribution in [0, 0.1) is 0 Å². The zero-order chi connectivity index (χ0) is 17.3. The summed E-state index contributed by atoms with van der Waals surface area (Å²) in [7, 11) is 0. The van der Waals surface area contributed by atoms with Crippen molar-refractivity contribution in [2.75, 3.05) is 32.8 Å². The van der Waals surface area contributed by atoms with E-state index in [9.17, 15) is 0 Å². The molecule has 0 aliphatic carbocycles. The van der Waals surface area contributed by atoms with Crippen molar-refractivity contribution in [1.82, 2.24) is 0 Å². The number of ether oxygens (including phenoxy) is 1. The van der Waals surface area contributed by atoms with Gasteiger partial charge in [0, 0.05) is 0 Å². The highest BCUT2D eigenvalue weighted by atomic mass is 16.5. The van der Waals surface area contributed by atoms with Crippen molar-refractivity contribution in [3.05, 3.63) is 42.5 Å². The van der Waals surface area contributed by atoms with Gasteiger partial charge in [-0.3, -0.25) is 0 Å². The number of unbranched alkanes of at least 4 members (excludes halogenated alkanes) is 3. The van der Waals surface area contributed by atoms with E-state index in [1.54, 1.807) is 0 Å². The molecule has 0 aromatic heterocycles. The lowest BCUT2D eigenvalue weighted by Gasteiger charge is -2.35. The van der Waals surface area contributed by atoms with Gasteiger partial charge in [0.2, 0.25) is 0 Å². The minimum Gasteiger partial charge on any atom is -0.494 e. The van der Waals surface area contributed by atoms with Crippen LogP contribution in [0.25, 0.3) is 10.8 Å². The van der Waals surface area contributed by atoms with Gasteiger partial charge in [-0.15, -0.1) is 0 Å². The smallest absolute Gasteiger partial charge is 0.119 e. The third kappa shape index (κ3) is 5.24. The van der Waals surface area contributed by atoms with Crippen molar-refractivity contribution in [3.63, 3.8) is 0 Å². The second-order valence-electron chi connectivity index (χ2n) is 6.79. The van der Waals surface area contributed by atoms with Crippen LogP contribution in [0.3, 0.4) is 0 Å². The van der Waals surface area contributed by atoms with E-state index in [-0.39, 0.29) is 0 Å². The normalized spacial score (nSPS) is 11.8. The molecular weight excluding hydrogens is 294 g/mol. The molecule has 24 heavy (non-hydrogen) atoms. The number of fused-ring (bicyclic) bond motifs is 1. The van der Waals surface area contributed by atoms with Crippen molar-refractivity contribution in [2.24, 2.45) is 0 Å². The van der Waals surface area contributed by atoms with Crippen LogP contribution in [0.4, 0.5) is 0 Å². The Kier molecular flexibility index (Phi) is 7.58. The summed E-state index contributed by atoms with van der Waals surface area (Å²) in [6, 6.07) is 14.8. The number of nitrogens with zero attached hydrogens (tertiary/aromatic N) is 1. The van der Waals surface area contributed by atoms with Gasteiger partial charge in [-0.25, -0.2) is 0 Å². The molecule has 0 fully saturated rings. The van der Waals surface area contributed by atoms with Crippen molar-refractivity contribution in [2.45, 2.75) is 46.5 Å². The molecule has 2 aromatic rings. The van der Waals surface area contributed by atoms with Gasteiger partial charge in [-0.2, -0.15) is 0 Å². The fraction of sp³-hybridized carbons (Fsp3) is 0.545. The zero-order valence-corrected chi connectivity index (χ0v) is 15.8. The lowest BCUT2D eigenvalue weighted by molar-refractivity contribution is -0.923. The van der Waals surface area contributed by atoms with E-state index < -0.39 is 0 Å². The molecule has 0 saturated carbocycles. The van der Waals surface area contributed by atoms with Crippen LogP contribution < -0.4 is 4.74 Å². The molecule has 0 aliphatic rings. The molecule has 0 unspecified atom stereocenters. The van der Waals surface area contributed by atoms with E-state index in [0.717, 1.165) is 18.8 Å². The standard InChI is InChI=1S/C22H34NO/c1-4-23(5-2,6-3)17-11-7-8-12-18-24-22-16-15-20-13-9-10-14-21(20)19-22/h9-10,13-16,19H,4-8,11-12,17-18H2,1-3H3/q+1. The lowest BCUT2D eigenvalue weighted by atomic mass is 10.1. The topological polar surface area (TPSA) is 9.23 Å². The highest BCUT2D eigenvalue weighted by Crippen LogP contribution is 2.20. The van der Waals surface area contributed by atoms with Crippen LogP contribution in [0.2, 0.25) is 0 Å². The van der Waals surface area contributed by atoms with Gasteiger partial charge < -0.3 is 9.22 Å². The van der Waals surface area contributed by atoms with Gasteiger partial charge in [-0.1, -0.05) is 30.3 Å². The molecule has 0 aliphatic heterocycles. The Morgan fingerprint density at radius 1 is 0.750 bits per heavy atom. The maximum absolute atomic E-state index is 5.92. The average Bonchev–Trinajstić information content (AvgIpc) is 2.64. The minimum absolute atomic E-state index is 0.827. The van der Waals surface area contributed by atoms with Crippen LogP contribution in [0.5, 0.6) is 5.75 Å². The first-order chi connectivity index (χ1) is 11.7. The Hall–Kier alpha value is -1.54. The third-order valence-electron chi connectivity index (χ3n) is 5.53. The summed E-state index contributed by atoms with van der Waals surface area (Å²) in [4.78, 5) is 0. The molecule has 0 radical (unpaired) electrons. The fourth-order valence-corrected chi connectivity index (χ4v) is 3.50. The van der Waals surface area contributed by atoms with Gasteiger partial charge >= 0.3 is 0 Å². The summed E-state index contributed by atoms with van der Waals surface area (Å²) in [5.41, 5.74) is 0. The molecule has 132 valence electrons. The first-order valence-electron chi connectivity index (χ1n) is 9.69. The van der Waals surface area contributed by atoms with Crippen molar-refractivity contribution in [1.29, 1.82) is 0 Å². The number of hydrogen-bond donors (Lipinski definition) is 0. The van der Waals surface area contributed by atoms with Crippen LogP contribution >= 0.6 is 0 Å². The van der Waals surface area contributed by atoms with E-state index in [2.05, 4.69) is 63.2 Å². The highest BCUT2D eigenvalue weighted by Gasteiger charge is 2.19. The third-order valence-corrected chi connectivity index (χ3v) is 5.53. The van der Waals surface area contributed by atoms with Crippen LogP contribution in [-0.4, -0.2) is 37.3 Å². The van der Waals surface area contributed by atoms with Crippen LogP contribution in [0.15, 0.2) is 42.5 Å². The van der Waals surface area contributed by atoms with Gasteiger partial charge in [0.25, 0.3) is 0 Å². The summed E-state index contributed by atoms with van der Waals surface area (Å²) < 4.78 is 7.19. The van der Waals surface area contributed by atoms with Crippen molar-refractivity contribution < 1.29 is 9.22 Å². The van der Waals surface area contributed by atoms with Gasteiger partial charge in [-0.05, 0) is 69.4 Å². The summed E-state index contributed by atoms with van der Waals surface area (Å²) in [6.07, 6.45) is 5.08. The number of benzene rings is 2. The second-order valence-corrected chi connectivity index (χ2v) is 6.79. The molecule has 2 nitrogen and oxygen atoms in total. The molecule has 2 heteroatoms. The minimum atomic E-state index is 0.827. The van der Waals surface area contributed by atoms with E-state index in [1.807, 2.05) is 0 Å². The highest BCUT2D eigenvalue weighted by molar-refractivity contribution is 5.83. The molecule has 0 spiro atoms. The largest absolute Gasteiger partial charge is 0.494 e. The fourth-order valence-electron chi connectivity index (χ4n) is 3.50. The van der Waals surface area contributed by atoms with Crippen LogP contribution in [0.1, 0.15) is 46.5 Å². The van der Waals surface area contributed by atoms with Crippen molar-refractivity contribution >= 4 is 10.8 Å². The van der Waals surface area contributed by atoms with Gasteiger partial charge in [0.05, 0.1) is 32.8 Å². The maximum atomic E-state index is 5.92. The molecule has 2 rings (SSSR count). The molecule has 0 heterocycles. The first kappa shape index (κ1) is 18.8. The summed E-state index contributed by atoms with van der Waals surface area (Å²) in [6.45, 7) is 12.9. The monoisotopic (exact) mass is 328 g/mol. The number of quaternary nitrogens is 1. The average molecular weight is 329 g/mol. The zero-order valence-electron chi connectivity index (χ0n) is 15.8. The Bertz CT molecular complexity index is 595. The Morgan fingerprint density at radius 3 is 2.12 bits per heavy atom. The molecular formula is C22H34NO+. The van der Waals surface area contributed by atoms with E-state index in [0.29, 0.717) is 0 Å². The van der Waals surface area contributed by atoms with Gasteiger partial charge in [0.1, 0.15) is 5.75 Å². The Balaban J connectivity index is 1.64. The molecule has 2 aromatic carbocycles. The summed E-state index contributed by atoms with van der Waals surface area (Å²) in [5.74, 6) is 0.993. The molecule has 0 N–H and O–H groups in total. The quantitative estimate of drug-likeness (QED) is 0.382. The first-order valence-corrected chi connectivity index (χ1v) is 9.69. The van der Waals surface area contributed by atoms with E-state index >= 15 is 0 Å². The summed E-state index contributed by atoms with van der Waals surface area (Å²) in [5, 5.41) is 2.53. The van der Waals surface area contributed by atoms with Crippen molar-refractivity contribution in [3.8, 4) is 5.75 Å². The molecule has 0 amide bonds. The Morgan fingerprint density at radius 2 is 1.42 bits per heavy atom. The second kappa shape index (κ2) is 9.68. The van der Waals surface area contributed by atoms with E-state index in [4.69, 9.17) is 4.74 Å². The molecule has 0 saturated heterocycles. The molecule has 0 bridgehead atoms. The van der Waals surface area contributed by atoms with Crippen LogP contribution in [-0.2, 0) is 0 Å². The Labute approximate surface area is 148 Å². The number of hydrogen-bond acceptors (Lipinski definition) is 1. The number of rotatable bonds is 11. The molecule has 0 atom stereocenters.